The van der Waals surface area contributed by atoms with Crippen molar-refractivity contribution in [1.29, 1.82) is 5.26 Å². The lowest BCUT2D eigenvalue weighted by molar-refractivity contribution is 0.0969. The van der Waals surface area contributed by atoms with E-state index in [0.29, 0.717) is 39.6 Å². The van der Waals surface area contributed by atoms with Crippen LogP contribution in [0.1, 0.15) is 46.1 Å². The molecule has 0 radical (unpaired) electrons. The van der Waals surface area contributed by atoms with Gasteiger partial charge in [-0.25, -0.2) is 4.79 Å². The summed E-state index contributed by atoms with van der Waals surface area (Å²) in [6.07, 6.45) is 3.12. The molecule has 0 amide bonds. The Morgan fingerprint density at radius 3 is 2.58 bits per heavy atom. The van der Waals surface area contributed by atoms with Crippen molar-refractivity contribution in [3.63, 3.8) is 0 Å². The van der Waals surface area contributed by atoms with E-state index in [9.17, 15) is 19.6 Å². The molecule has 0 N–H and O–H groups in total. The van der Waals surface area contributed by atoms with Gasteiger partial charge in [0.15, 0.2) is 5.78 Å². The van der Waals surface area contributed by atoms with Crippen LogP contribution in [0.5, 0.6) is 5.75 Å². The smallest absolute Gasteiger partial charge is 0.332 e. The van der Waals surface area contributed by atoms with Gasteiger partial charge in [0.25, 0.3) is 5.56 Å². The molecule has 8 heteroatoms. The van der Waals surface area contributed by atoms with Crippen molar-refractivity contribution in [2.45, 2.75) is 39.3 Å². The Morgan fingerprint density at radius 2 is 1.89 bits per heavy atom. The van der Waals surface area contributed by atoms with E-state index in [2.05, 4.69) is 6.07 Å². The number of Topliss-reactive ketones (excluding diaryl/α,β-unsaturated/α-hetero) is 1. The van der Waals surface area contributed by atoms with Crippen molar-refractivity contribution in [2.24, 2.45) is 5.92 Å². The van der Waals surface area contributed by atoms with Crippen molar-refractivity contribution in [2.75, 3.05) is 6.61 Å². The number of thiophene rings is 1. The number of benzene rings is 2. The third-order valence-electron chi connectivity index (χ3n) is 6.35. The maximum Gasteiger partial charge on any atom is 0.332 e. The number of hydrogen-bond acceptors (Lipinski definition) is 6. The van der Waals surface area contributed by atoms with Crippen LogP contribution in [0.15, 0.2) is 64.2 Å². The molecule has 0 unspecified atom stereocenters. The molecule has 1 fully saturated rings. The summed E-state index contributed by atoms with van der Waals surface area (Å²) >= 11 is 1.40. The molecule has 1 saturated carbocycles. The quantitative estimate of drug-likeness (QED) is 0.319. The topological polar surface area (TPSA) is 94.1 Å². The zero-order valence-electron chi connectivity index (χ0n) is 19.9. The molecular formula is C28H25N3O4S. The highest BCUT2D eigenvalue weighted by atomic mass is 32.1. The Bertz CT molecular complexity index is 1600. The van der Waals surface area contributed by atoms with Crippen LogP contribution in [0.4, 0.5) is 0 Å². The van der Waals surface area contributed by atoms with Gasteiger partial charge < -0.3 is 4.74 Å². The van der Waals surface area contributed by atoms with Gasteiger partial charge in [-0.1, -0.05) is 19.1 Å². The van der Waals surface area contributed by atoms with E-state index in [0.717, 1.165) is 21.4 Å². The van der Waals surface area contributed by atoms with Gasteiger partial charge in [0.2, 0.25) is 0 Å². The van der Waals surface area contributed by atoms with Crippen LogP contribution in [0.2, 0.25) is 0 Å². The van der Waals surface area contributed by atoms with Crippen molar-refractivity contribution >= 4 is 27.3 Å². The van der Waals surface area contributed by atoms with E-state index in [1.807, 2.05) is 13.0 Å². The van der Waals surface area contributed by atoms with E-state index in [-0.39, 0.29) is 18.9 Å². The predicted octanol–water partition coefficient (Wildman–Crippen LogP) is 4.38. The first-order valence-corrected chi connectivity index (χ1v) is 12.8. The van der Waals surface area contributed by atoms with Gasteiger partial charge in [0.05, 0.1) is 36.7 Å². The number of carbonyl (C=O) groups excluding carboxylic acids is 1. The summed E-state index contributed by atoms with van der Waals surface area (Å²) in [5.74, 6) is 0.999. The molecule has 0 spiro atoms. The summed E-state index contributed by atoms with van der Waals surface area (Å²) < 4.78 is 8.28. The molecule has 0 bridgehead atoms. The largest absolute Gasteiger partial charge is 0.493 e. The Labute approximate surface area is 211 Å². The van der Waals surface area contributed by atoms with E-state index < -0.39 is 11.2 Å². The van der Waals surface area contributed by atoms with Crippen LogP contribution in [0.25, 0.3) is 10.2 Å². The first kappa shape index (κ1) is 23.8. The van der Waals surface area contributed by atoms with Gasteiger partial charge in [-0.2, -0.15) is 5.26 Å². The Balaban J connectivity index is 1.49. The van der Waals surface area contributed by atoms with Crippen LogP contribution >= 0.6 is 11.3 Å². The first-order valence-electron chi connectivity index (χ1n) is 12.0. The molecule has 7 nitrogen and oxygen atoms in total. The predicted molar refractivity (Wildman–Crippen MR) is 139 cm³/mol. The molecule has 0 atom stereocenters. The SMILES string of the molecule is CCc1cc2c(=O)n(CC(=O)c3ccc(OCC4CC4)cc3)c(=O)n(Cc3cccc(C#N)c3)c2s1. The molecule has 2 aromatic heterocycles. The van der Waals surface area contributed by atoms with Crippen molar-refractivity contribution in [1.82, 2.24) is 9.13 Å². The van der Waals surface area contributed by atoms with Gasteiger partial charge in [-0.3, -0.25) is 18.7 Å². The Kier molecular flexibility index (Phi) is 6.57. The Hall–Kier alpha value is -3.96. The number of nitrogens with zero attached hydrogens (tertiary/aromatic N) is 3. The average Bonchev–Trinajstić information content (AvgIpc) is 3.64. The third kappa shape index (κ3) is 4.88. The maximum absolute atomic E-state index is 13.5. The molecular weight excluding hydrogens is 474 g/mol. The molecule has 1 aliphatic carbocycles. The highest BCUT2D eigenvalue weighted by molar-refractivity contribution is 7.18. The normalized spacial score (nSPS) is 13.0. The summed E-state index contributed by atoms with van der Waals surface area (Å²) in [7, 11) is 0. The van der Waals surface area contributed by atoms with Gasteiger partial charge >= 0.3 is 5.69 Å². The van der Waals surface area contributed by atoms with E-state index in [1.54, 1.807) is 48.5 Å². The monoisotopic (exact) mass is 499 g/mol. The minimum atomic E-state index is -0.544. The summed E-state index contributed by atoms with van der Waals surface area (Å²) in [5.41, 5.74) is 0.656. The lowest BCUT2D eigenvalue weighted by atomic mass is 10.1. The van der Waals surface area contributed by atoms with E-state index in [4.69, 9.17) is 4.74 Å². The fourth-order valence-electron chi connectivity index (χ4n) is 4.10. The lowest BCUT2D eigenvalue weighted by Gasteiger charge is -2.12. The minimum Gasteiger partial charge on any atom is -0.493 e. The second kappa shape index (κ2) is 9.96. The van der Waals surface area contributed by atoms with Crippen molar-refractivity contribution in [3.8, 4) is 11.8 Å². The van der Waals surface area contributed by atoms with Gasteiger partial charge in [-0.15, -0.1) is 11.3 Å². The number of aryl methyl sites for hydroxylation is 1. The fraction of sp³-hybridized carbons (Fsp3) is 0.286. The minimum absolute atomic E-state index is 0.190. The van der Waals surface area contributed by atoms with Gasteiger partial charge in [0, 0.05) is 10.4 Å². The number of aromatic nitrogens is 2. The number of ketones is 1. The first-order chi connectivity index (χ1) is 17.5. The third-order valence-corrected chi connectivity index (χ3v) is 7.65. The molecule has 0 saturated heterocycles. The van der Waals surface area contributed by atoms with Crippen LogP contribution < -0.4 is 16.0 Å². The molecule has 5 rings (SSSR count). The molecule has 182 valence electrons. The average molecular weight is 500 g/mol. The second-order valence-corrected chi connectivity index (χ2v) is 10.2. The van der Waals surface area contributed by atoms with E-state index >= 15 is 0 Å². The maximum atomic E-state index is 13.5. The number of hydrogen-bond donors (Lipinski definition) is 0. The van der Waals surface area contributed by atoms with Crippen molar-refractivity contribution < 1.29 is 9.53 Å². The second-order valence-electron chi connectivity index (χ2n) is 9.06. The number of ether oxygens (including phenoxy) is 1. The zero-order chi connectivity index (χ0) is 25.2. The molecule has 4 aromatic rings. The molecule has 1 aliphatic rings. The molecule has 2 aromatic carbocycles. The molecule has 0 aliphatic heterocycles. The molecule has 36 heavy (non-hydrogen) atoms. The fourth-order valence-corrected chi connectivity index (χ4v) is 5.17. The van der Waals surface area contributed by atoms with Crippen LogP contribution in [-0.4, -0.2) is 21.5 Å². The number of carbonyl (C=O) groups is 1. The molecule has 2 heterocycles. The van der Waals surface area contributed by atoms with Crippen LogP contribution in [0, 0.1) is 17.2 Å². The number of nitriles is 1. The summed E-state index contributed by atoms with van der Waals surface area (Å²) in [6, 6.07) is 17.8. The van der Waals surface area contributed by atoms with Gasteiger partial charge in [0.1, 0.15) is 10.6 Å². The summed E-state index contributed by atoms with van der Waals surface area (Å²) in [5, 5.41) is 9.67. The van der Waals surface area contributed by atoms with Crippen LogP contribution in [0.3, 0.4) is 0 Å². The standard InChI is InChI=1S/C28H25N3O4S/c1-2-23-13-24-26(33)30(16-25(32)21-8-10-22(11-9-21)35-17-18-6-7-18)28(34)31(27(24)36-23)15-20-5-3-4-19(12-20)14-29/h3-5,8-13,18H,2,6-7,15-17H2,1H3. The highest BCUT2D eigenvalue weighted by Crippen LogP contribution is 2.29. The highest BCUT2D eigenvalue weighted by Gasteiger charge is 2.22. The van der Waals surface area contributed by atoms with Crippen molar-refractivity contribution in [3.05, 3.63) is 97.0 Å². The zero-order valence-corrected chi connectivity index (χ0v) is 20.7. The number of rotatable bonds is 9. The van der Waals surface area contributed by atoms with E-state index in [1.165, 1.54) is 28.7 Å². The lowest BCUT2D eigenvalue weighted by Crippen LogP contribution is -2.41. The number of fused-ring (bicyclic) bond motifs is 1. The summed E-state index contributed by atoms with van der Waals surface area (Å²) in [4.78, 5) is 41.5. The van der Waals surface area contributed by atoms with Crippen LogP contribution in [-0.2, 0) is 19.5 Å². The summed E-state index contributed by atoms with van der Waals surface area (Å²) in [6.45, 7) is 2.50. The Morgan fingerprint density at radius 1 is 1.11 bits per heavy atom. The van der Waals surface area contributed by atoms with Gasteiger partial charge in [-0.05, 0) is 73.2 Å².